The van der Waals surface area contributed by atoms with Crippen molar-refractivity contribution in [1.82, 2.24) is 4.98 Å². The lowest BCUT2D eigenvalue weighted by Gasteiger charge is -1.85. The van der Waals surface area contributed by atoms with E-state index < -0.39 is 0 Å². The highest BCUT2D eigenvalue weighted by Crippen LogP contribution is 2.18. The van der Waals surface area contributed by atoms with Crippen LogP contribution in [-0.4, -0.2) is 4.98 Å². The Hall–Kier alpha value is -0.510. The van der Waals surface area contributed by atoms with Crippen molar-refractivity contribution in [2.75, 3.05) is 0 Å². The number of rotatable bonds is 0. The number of hydrogen-bond acceptors (Lipinski definition) is 0. The van der Waals surface area contributed by atoms with Crippen LogP contribution in [-0.2, 0) is 0 Å². The van der Waals surface area contributed by atoms with Gasteiger partial charge in [0.2, 0.25) is 0 Å². The van der Waals surface area contributed by atoms with Gasteiger partial charge in [0.05, 0.1) is 3.70 Å². The average Bonchev–Trinajstić information content (AvgIpc) is 2.34. The molecule has 2 heteroatoms. The molecule has 1 aromatic carbocycles. The molecule has 2 aromatic rings. The Morgan fingerprint density at radius 2 is 2.00 bits per heavy atom. The summed E-state index contributed by atoms with van der Waals surface area (Å²) in [6.07, 6.45) is 2.02. The van der Waals surface area contributed by atoms with Gasteiger partial charge in [0, 0.05) is 17.0 Å². The zero-order valence-corrected chi connectivity index (χ0v) is 7.42. The number of aromatic amines is 1. The summed E-state index contributed by atoms with van der Waals surface area (Å²) in [5.41, 5.74) is 0. The third-order valence-electron chi connectivity index (χ3n) is 1.55. The summed E-state index contributed by atoms with van der Waals surface area (Å²) in [7, 11) is 0. The van der Waals surface area contributed by atoms with Gasteiger partial charge in [-0.2, -0.15) is 0 Å². The number of benzene rings is 1. The Bertz CT molecular complexity index is 351. The van der Waals surface area contributed by atoms with Gasteiger partial charge in [0.15, 0.2) is 0 Å². The van der Waals surface area contributed by atoms with Gasteiger partial charge in [-0.15, -0.1) is 0 Å². The van der Waals surface area contributed by atoms with Gasteiger partial charge in [-0.25, -0.2) is 0 Å². The maximum atomic E-state index is 3.16. The largest absolute Gasteiger partial charge is 0.356 e. The molecule has 0 saturated heterocycles. The Kier molecular flexibility index (Phi) is 1.41. The molecule has 0 aliphatic heterocycles. The fourth-order valence-corrected chi connectivity index (χ4v) is 1.69. The van der Waals surface area contributed by atoms with Crippen LogP contribution in [0.25, 0.3) is 10.8 Å². The molecular weight excluding hydrogens is 237 g/mol. The van der Waals surface area contributed by atoms with Crippen LogP contribution in [0.2, 0.25) is 0 Å². The molecule has 0 saturated carbocycles. The van der Waals surface area contributed by atoms with E-state index in [1.54, 1.807) is 0 Å². The van der Waals surface area contributed by atoms with Gasteiger partial charge in [-0.3, -0.25) is 0 Å². The highest BCUT2D eigenvalue weighted by molar-refractivity contribution is 14.1. The quantitative estimate of drug-likeness (QED) is 0.685. The van der Waals surface area contributed by atoms with Gasteiger partial charge in [-0.05, 0) is 22.6 Å². The van der Waals surface area contributed by atoms with Crippen LogP contribution < -0.4 is 0 Å². The molecule has 0 radical (unpaired) electrons. The normalized spacial score (nSPS) is 10.5. The van der Waals surface area contributed by atoms with Crippen molar-refractivity contribution in [3.05, 3.63) is 34.2 Å². The first kappa shape index (κ1) is 6.22. The number of nitrogens with one attached hydrogen (secondary N) is 1. The maximum Gasteiger partial charge on any atom is 0.0851 e. The van der Waals surface area contributed by atoms with Crippen molar-refractivity contribution in [3.8, 4) is 0 Å². The second kappa shape index (κ2) is 2.27. The average molecular weight is 243 g/mol. The number of hydrogen-bond donors (Lipinski definition) is 1. The third kappa shape index (κ3) is 0.831. The first-order valence-electron chi connectivity index (χ1n) is 3.09. The van der Waals surface area contributed by atoms with E-state index in [0.717, 1.165) is 0 Å². The fourth-order valence-electron chi connectivity index (χ4n) is 1.04. The van der Waals surface area contributed by atoms with Crippen molar-refractivity contribution in [3.63, 3.8) is 0 Å². The lowest BCUT2D eigenvalue weighted by molar-refractivity contribution is 1.37. The second-order valence-electron chi connectivity index (χ2n) is 2.19. The molecule has 0 bridgehead atoms. The summed E-state index contributed by atoms with van der Waals surface area (Å²) in [4.78, 5) is 3.16. The van der Waals surface area contributed by atoms with Gasteiger partial charge < -0.3 is 4.98 Å². The van der Waals surface area contributed by atoms with E-state index in [1.165, 1.54) is 14.5 Å². The summed E-state index contributed by atoms with van der Waals surface area (Å²) >= 11 is 2.30. The molecule has 10 heavy (non-hydrogen) atoms. The van der Waals surface area contributed by atoms with E-state index in [9.17, 15) is 0 Å². The molecule has 0 aliphatic carbocycles. The minimum atomic E-state index is 1.22. The van der Waals surface area contributed by atoms with Gasteiger partial charge >= 0.3 is 0 Å². The lowest BCUT2D eigenvalue weighted by Crippen LogP contribution is -1.65. The predicted octanol–water partition coefficient (Wildman–Crippen LogP) is 2.77. The molecule has 0 aliphatic rings. The molecule has 0 unspecified atom stereocenters. The van der Waals surface area contributed by atoms with Gasteiger partial charge in [0.1, 0.15) is 0 Å². The maximum absolute atomic E-state index is 3.16. The first-order valence-corrected chi connectivity index (χ1v) is 4.17. The molecule has 0 spiro atoms. The van der Waals surface area contributed by atoms with Crippen molar-refractivity contribution in [1.29, 1.82) is 0 Å². The van der Waals surface area contributed by atoms with Crippen LogP contribution in [0.5, 0.6) is 0 Å². The highest BCUT2D eigenvalue weighted by Gasteiger charge is 1.95. The minimum Gasteiger partial charge on any atom is -0.356 e. The molecule has 1 heterocycles. The minimum absolute atomic E-state index is 1.22. The van der Waals surface area contributed by atoms with Gasteiger partial charge in [0.25, 0.3) is 0 Å². The first-order chi connectivity index (χ1) is 4.88. The van der Waals surface area contributed by atoms with Crippen molar-refractivity contribution in [2.24, 2.45) is 0 Å². The highest BCUT2D eigenvalue weighted by atomic mass is 127. The molecule has 2 rings (SSSR count). The van der Waals surface area contributed by atoms with Gasteiger partial charge in [-0.1, -0.05) is 24.3 Å². The summed E-state index contributed by atoms with van der Waals surface area (Å²) in [5, 5.41) is 2.59. The summed E-state index contributed by atoms with van der Waals surface area (Å²) in [5.74, 6) is 0. The zero-order valence-electron chi connectivity index (χ0n) is 5.26. The summed E-state index contributed by atoms with van der Waals surface area (Å²) in [6.45, 7) is 0. The number of halogens is 1. The molecule has 1 nitrogen and oxygen atoms in total. The predicted molar refractivity (Wildman–Crippen MR) is 51.0 cm³/mol. The zero-order chi connectivity index (χ0) is 6.97. The molecule has 0 atom stereocenters. The molecular formula is C8H6IN. The molecule has 1 aromatic heterocycles. The van der Waals surface area contributed by atoms with E-state index in [-0.39, 0.29) is 0 Å². The lowest BCUT2D eigenvalue weighted by atomic mass is 10.2. The molecule has 1 N–H and O–H groups in total. The van der Waals surface area contributed by atoms with Crippen LogP contribution in [0.1, 0.15) is 0 Å². The van der Waals surface area contributed by atoms with Crippen LogP contribution in [0, 0.1) is 3.70 Å². The van der Waals surface area contributed by atoms with Crippen LogP contribution in [0.3, 0.4) is 0 Å². The summed E-state index contributed by atoms with van der Waals surface area (Å²) in [6, 6.07) is 8.33. The topological polar surface area (TPSA) is 15.8 Å². The monoisotopic (exact) mass is 243 g/mol. The number of H-pyrrole nitrogens is 1. The Balaban J connectivity index is 2.93. The van der Waals surface area contributed by atoms with Crippen molar-refractivity contribution >= 4 is 33.4 Å². The van der Waals surface area contributed by atoms with E-state index in [1.807, 2.05) is 12.3 Å². The van der Waals surface area contributed by atoms with E-state index >= 15 is 0 Å². The van der Waals surface area contributed by atoms with Crippen molar-refractivity contribution in [2.45, 2.75) is 0 Å². The Labute approximate surface area is 72.6 Å². The number of aromatic nitrogens is 1. The van der Waals surface area contributed by atoms with Crippen molar-refractivity contribution < 1.29 is 0 Å². The van der Waals surface area contributed by atoms with Crippen LogP contribution in [0.4, 0.5) is 0 Å². The fraction of sp³-hybridized carbons (Fsp3) is 0. The smallest absolute Gasteiger partial charge is 0.0851 e. The standard InChI is InChI=1S/C8H6IN/c9-8-7-4-2-1-3-6(7)5-10-8/h1-5,10H. The SMILES string of the molecule is Ic1[nH]cc2ccccc12. The third-order valence-corrected chi connectivity index (χ3v) is 2.44. The molecule has 0 amide bonds. The van der Waals surface area contributed by atoms with E-state index in [0.29, 0.717) is 0 Å². The Morgan fingerprint density at radius 1 is 1.20 bits per heavy atom. The van der Waals surface area contributed by atoms with E-state index in [4.69, 9.17) is 0 Å². The van der Waals surface area contributed by atoms with Crippen LogP contribution in [0.15, 0.2) is 30.5 Å². The molecule has 0 fully saturated rings. The van der Waals surface area contributed by atoms with Crippen LogP contribution >= 0.6 is 22.6 Å². The van der Waals surface area contributed by atoms with E-state index in [2.05, 4.69) is 45.8 Å². The second-order valence-corrected chi connectivity index (χ2v) is 3.27. The summed E-state index contributed by atoms with van der Waals surface area (Å²) < 4.78 is 1.22. The Morgan fingerprint density at radius 3 is 2.80 bits per heavy atom. The number of fused-ring (bicyclic) bond motifs is 1. The molecule has 50 valence electrons.